The van der Waals surface area contributed by atoms with Gasteiger partial charge in [0.2, 0.25) is 0 Å². The van der Waals surface area contributed by atoms with Crippen LogP contribution in [0.1, 0.15) is 4.88 Å². The quantitative estimate of drug-likeness (QED) is 0.607. The molecule has 0 atom stereocenters. The number of rotatable bonds is 2. The molecule has 5 nitrogen and oxygen atoms in total. The number of thiophene rings is 1. The lowest BCUT2D eigenvalue weighted by molar-refractivity contribution is 0.628. The number of halogens is 1. The van der Waals surface area contributed by atoms with Gasteiger partial charge >= 0.3 is 0 Å². The van der Waals surface area contributed by atoms with Gasteiger partial charge in [0, 0.05) is 22.8 Å². The third-order valence-electron chi connectivity index (χ3n) is 3.68. The van der Waals surface area contributed by atoms with Gasteiger partial charge in [-0.15, -0.1) is 11.3 Å². The Hall–Kier alpha value is -2.93. The highest BCUT2D eigenvalue weighted by Gasteiger charge is 2.17. The van der Waals surface area contributed by atoms with Crippen LogP contribution in [0.5, 0.6) is 0 Å². The van der Waals surface area contributed by atoms with Gasteiger partial charge in [0.15, 0.2) is 5.82 Å². The standard InChI is InChI=1S/C17H11FN4OS/c1-9-13(10-2-4-11(18)5-3-10)14-16(23)21-15(22-17(14)24-9)12-8-19-6-7-20-12/h2-8H,1H3,(H,21,22,23). The molecule has 3 aromatic heterocycles. The van der Waals surface area contributed by atoms with Crippen molar-refractivity contribution in [3.8, 4) is 22.6 Å². The smallest absolute Gasteiger partial charge is 0.260 e. The van der Waals surface area contributed by atoms with Crippen LogP contribution in [-0.2, 0) is 0 Å². The van der Waals surface area contributed by atoms with E-state index < -0.39 is 0 Å². The number of nitrogens with zero attached hydrogens (tertiary/aromatic N) is 3. The number of aromatic nitrogens is 4. The Balaban J connectivity index is 1.97. The Morgan fingerprint density at radius 1 is 1.17 bits per heavy atom. The van der Waals surface area contributed by atoms with Gasteiger partial charge in [-0.1, -0.05) is 12.1 Å². The average Bonchev–Trinajstić information content (AvgIpc) is 2.93. The minimum Gasteiger partial charge on any atom is -0.305 e. The zero-order valence-electron chi connectivity index (χ0n) is 12.6. The van der Waals surface area contributed by atoms with Crippen LogP contribution in [0, 0.1) is 12.7 Å². The van der Waals surface area contributed by atoms with E-state index in [2.05, 4.69) is 19.9 Å². The lowest BCUT2D eigenvalue weighted by atomic mass is 10.0. The Labute approximate surface area is 139 Å². The van der Waals surface area contributed by atoms with Crippen LogP contribution in [0.2, 0.25) is 0 Å². The van der Waals surface area contributed by atoms with Crippen LogP contribution < -0.4 is 5.56 Å². The summed E-state index contributed by atoms with van der Waals surface area (Å²) in [7, 11) is 0. The van der Waals surface area contributed by atoms with Crippen molar-refractivity contribution in [1.29, 1.82) is 0 Å². The third-order valence-corrected chi connectivity index (χ3v) is 4.68. The second-order valence-electron chi connectivity index (χ2n) is 5.23. The molecule has 4 rings (SSSR count). The van der Waals surface area contributed by atoms with Crippen molar-refractivity contribution in [3.63, 3.8) is 0 Å². The molecule has 118 valence electrons. The van der Waals surface area contributed by atoms with Crippen molar-refractivity contribution in [3.05, 3.63) is 63.9 Å². The van der Waals surface area contributed by atoms with E-state index in [0.717, 1.165) is 16.0 Å². The highest BCUT2D eigenvalue weighted by atomic mass is 32.1. The summed E-state index contributed by atoms with van der Waals surface area (Å²) in [5.41, 5.74) is 1.84. The SMILES string of the molecule is Cc1sc2nc(-c3cnccn3)[nH]c(=O)c2c1-c1ccc(F)cc1. The second kappa shape index (κ2) is 5.61. The molecule has 0 saturated heterocycles. The van der Waals surface area contributed by atoms with E-state index >= 15 is 0 Å². The second-order valence-corrected chi connectivity index (χ2v) is 6.43. The topological polar surface area (TPSA) is 71.5 Å². The van der Waals surface area contributed by atoms with Gasteiger partial charge in [-0.05, 0) is 24.6 Å². The summed E-state index contributed by atoms with van der Waals surface area (Å²) < 4.78 is 13.2. The van der Waals surface area contributed by atoms with Crippen molar-refractivity contribution in [1.82, 2.24) is 19.9 Å². The number of hydrogen-bond donors (Lipinski definition) is 1. The van der Waals surface area contributed by atoms with Crippen molar-refractivity contribution in [2.45, 2.75) is 6.92 Å². The monoisotopic (exact) mass is 338 g/mol. The van der Waals surface area contributed by atoms with E-state index in [-0.39, 0.29) is 11.4 Å². The summed E-state index contributed by atoms with van der Waals surface area (Å²) in [5.74, 6) is 0.0698. The summed E-state index contributed by atoms with van der Waals surface area (Å²) in [6.07, 6.45) is 4.65. The molecule has 0 aliphatic rings. The van der Waals surface area contributed by atoms with Crippen molar-refractivity contribution < 1.29 is 4.39 Å². The molecular weight excluding hydrogens is 327 g/mol. The molecule has 7 heteroatoms. The maximum atomic E-state index is 13.2. The van der Waals surface area contributed by atoms with Gasteiger partial charge in [0.25, 0.3) is 5.56 Å². The molecule has 0 radical (unpaired) electrons. The lowest BCUT2D eigenvalue weighted by Gasteiger charge is -2.02. The van der Waals surface area contributed by atoms with E-state index in [1.54, 1.807) is 30.7 Å². The molecule has 0 bridgehead atoms. The highest BCUT2D eigenvalue weighted by Crippen LogP contribution is 2.35. The third kappa shape index (κ3) is 2.39. The molecular formula is C17H11FN4OS. The molecule has 0 aliphatic heterocycles. The van der Waals surface area contributed by atoms with Crippen LogP contribution in [0.15, 0.2) is 47.7 Å². The largest absolute Gasteiger partial charge is 0.305 e. The summed E-state index contributed by atoms with van der Waals surface area (Å²) in [5, 5.41) is 0.511. The zero-order chi connectivity index (χ0) is 16.7. The fraction of sp³-hybridized carbons (Fsp3) is 0.0588. The van der Waals surface area contributed by atoms with E-state index in [1.807, 2.05) is 6.92 Å². The van der Waals surface area contributed by atoms with Crippen LogP contribution >= 0.6 is 11.3 Å². The summed E-state index contributed by atoms with van der Waals surface area (Å²) in [6, 6.07) is 6.10. The van der Waals surface area contributed by atoms with E-state index in [9.17, 15) is 9.18 Å². The molecule has 4 aromatic rings. The number of H-pyrrole nitrogens is 1. The normalized spacial score (nSPS) is 11.1. The van der Waals surface area contributed by atoms with Gasteiger partial charge in [-0.25, -0.2) is 14.4 Å². The number of benzene rings is 1. The molecule has 0 spiro atoms. The Morgan fingerprint density at radius 3 is 2.67 bits per heavy atom. The molecule has 24 heavy (non-hydrogen) atoms. The minimum absolute atomic E-state index is 0.246. The molecule has 0 saturated carbocycles. The maximum absolute atomic E-state index is 13.2. The average molecular weight is 338 g/mol. The summed E-state index contributed by atoms with van der Waals surface area (Å²) in [6.45, 7) is 1.92. The first-order valence-corrected chi connectivity index (χ1v) is 8.01. The van der Waals surface area contributed by atoms with Crippen LogP contribution in [0.25, 0.3) is 32.9 Å². The fourth-order valence-corrected chi connectivity index (χ4v) is 3.67. The Morgan fingerprint density at radius 2 is 1.96 bits per heavy atom. The molecule has 0 amide bonds. The lowest BCUT2D eigenvalue weighted by Crippen LogP contribution is -2.09. The van der Waals surface area contributed by atoms with Gasteiger partial charge in [0.1, 0.15) is 16.3 Å². The van der Waals surface area contributed by atoms with Crippen LogP contribution in [0.3, 0.4) is 0 Å². The van der Waals surface area contributed by atoms with Crippen molar-refractivity contribution >= 4 is 21.6 Å². The predicted octanol–water partition coefficient (Wildman–Crippen LogP) is 3.56. The maximum Gasteiger partial charge on any atom is 0.260 e. The number of aromatic amines is 1. The van der Waals surface area contributed by atoms with Crippen LogP contribution in [-0.4, -0.2) is 19.9 Å². The Kier molecular flexibility index (Phi) is 3.42. The number of fused-ring (bicyclic) bond motifs is 1. The van der Waals surface area contributed by atoms with Crippen LogP contribution in [0.4, 0.5) is 4.39 Å². The molecule has 0 unspecified atom stereocenters. The number of aryl methyl sites for hydroxylation is 1. The summed E-state index contributed by atoms with van der Waals surface area (Å²) >= 11 is 1.43. The first-order chi connectivity index (χ1) is 11.6. The molecule has 3 heterocycles. The molecule has 0 fully saturated rings. The fourth-order valence-electron chi connectivity index (χ4n) is 2.63. The number of hydrogen-bond acceptors (Lipinski definition) is 5. The van der Waals surface area contributed by atoms with E-state index in [4.69, 9.17) is 0 Å². The first kappa shape index (κ1) is 14.6. The van der Waals surface area contributed by atoms with Gasteiger partial charge < -0.3 is 4.98 Å². The van der Waals surface area contributed by atoms with Crippen molar-refractivity contribution in [2.24, 2.45) is 0 Å². The molecule has 1 N–H and O–H groups in total. The van der Waals surface area contributed by atoms with Gasteiger partial charge in [0.05, 0.1) is 11.6 Å². The van der Waals surface area contributed by atoms with Gasteiger partial charge in [-0.2, -0.15) is 0 Å². The zero-order valence-corrected chi connectivity index (χ0v) is 13.4. The highest BCUT2D eigenvalue weighted by molar-refractivity contribution is 7.19. The predicted molar refractivity (Wildman–Crippen MR) is 91.4 cm³/mol. The van der Waals surface area contributed by atoms with Gasteiger partial charge in [-0.3, -0.25) is 9.78 Å². The minimum atomic E-state index is -0.312. The molecule has 0 aliphatic carbocycles. The van der Waals surface area contributed by atoms with E-state index in [0.29, 0.717) is 21.7 Å². The van der Waals surface area contributed by atoms with E-state index in [1.165, 1.54) is 23.5 Å². The number of nitrogens with one attached hydrogen (secondary N) is 1. The molecule has 1 aromatic carbocycles. The Bertz CT molecular complexity index is 1090. The van der Waals surface area contributed by atoms with Crippen molar-refractivity contribution in [2.75, 3.05) is 0 Å². The summed E-state index contributed by atoms with van der Waals surface area (Å²) in [4.78, 5) is 29.6. The first-order valence-electron chi connectivity index (χ1n) is 7.19.